The van der Waals surface area contributed by atoms with Gasteiger partial charge in [-0.15, -0.1) is 0 Å². The number of carboxylic acid groups (broad SMARTS) is 1. The van der Waals surface area contributed by atoms with E-state index in [1.807, 2.05) is 0 Å². The molecule has 0 aliphatic rings. The number of carbonyl (C=O) groups is 1. The molecule has 0 atom stereocenters. The minimum absolute atomic E-state index is 0.241. The molecule has 0 saturated heterocycles. The van der Waals surface area contributed by atoms with Crippen LogP contribution in [0.25, 0.3) is 0 Å². The Hall–Kier alpha value is -1.86. The van der Waals surface area contributed by atoms with Crippen LogP contribution in [0.3, 0.4) is 0 Å². The number of anilines is 1. The summed E-state index contributed by atoms with van der Waals surface area (Å²) in [6, 6.07) is 6.34. The molecule has 0 spiro atoms. The predicted molar refractivity (Wildman–Crippen MR) is 77.3 cm³/mol. The third kappa shape index (κ3) is 6.03. The lowest BCUT2D eigenvalue weighted by molar-refractivity contribution is 0.0697. The zero-order chi connectivity index (χ0) is 14.1. The van der Waals surface area contributed by atoms with Crippen LogP contribution >= 0.6 is 12.2 Å². The number of hydrogen-bond donors (Lipinski definition) is 4. The van der Waals surface area contributed by atoms with E-state index in [0.29, 0.717) is 11.7 Å². The lowest BCUT2D eigenvalue weighted by Gasteiger charge is -2.12. The van der Waals surface area contributed by atoms with Gasteiger partial charge in [0.15, 0.2) is 5.11 Å². The molecule has 1 aromatic carbocycles. The van der Waals surface area contributed by atoms with Crippen LogP contribution in [0.5, 0.6) is 0 Å². The number of aromatic carboxylic acids is 1. The van der Waals surface area contributed by atoms with Crippen LogP contribution in [0.15, 0.2) is 24.3 Å². The Bertz CT molecular complexity index is 423. The molecule has 0 saturated carbocycles. The molecule has 0 radical (unpaired) electrons. The van der Waals surface area contributed by atoms with Crippen LogP contribution in [-0.4, -0.2) is 36.4 Å². The Morgan fingerprint density at radius 2 is 2.05 bits per heavy atom. The van der Waals surface area contributed by atoms with Crippen molar-refractivity contribution in [1.29, 1.82) is 0 Å². The maximum atomic E-state index is 10.7. The monoisotopic (exact) mass is 283 g/mol. The SMILES string of the molecule is COCCCNC(=S)NNc1ccc(C(=O)O)cc1. The molecular weight excluding hydrogens is 266 g/mol. The van der Waals surface area contributed by atoms with Crippen LogP contribution in [0, 0.1) is 0 Å². The fraction of sp³-hybridized carbons (Fsp3) is 0.333. The van der Waals surface area contributed by atoms with Crippen LogP contribution < -0.4 is 16.2 Å². The molecule has 0 unspecified atom stereocenters. The quantitative estimate of drug-likeness (QED) is 0.340. The number of benzene rings is 1. The number of carboxylic acids is 1. The fourth-order valence-corrected chi connectivity index (χ4v) is 1.44. The van der Waals surface area contributed by atoms with E-state index in [0.717, 1.165) is 18.7 Å². The van der Waals surface area contributed by atoms with E-state index in [1.165, 1.54) is 12.1 Å². The highest BCUT2D eigenvalue weighted by Crippen LogP contribution is 2.08. The molecule has 104 valence electrons. The van der Waals surface area contributed by atoms with Gasteiger partial charge in [-0.3, -0.25) is 10.9 Å². The van der Waals surface area contributed by atoms with Crippen molar-refractivity contribution in [3.63, 3.8) is 0 Å². The number of hydrogen-bond acceptors (Lipinski definition) is 4. The molecule has 1 aromatic rings. The van der Waals surface area contributed by atoms with Gasteiger partial charge in [0.25, 0.3) is 0 Å². The molecule has 0 aliphatic carbocycles. The Morgan fingerprint density at radius 3 is 2.63 bits per heavy atom. The van der Waals surface area contributed by atoms with Crippen molar-refractivity contribution in [2.24, 2.45) is 0 Å². The van der Waals surface area contributed by atoms with Gasteiger partial charge in [0.05, 0.1) is 11.3 Å². The van der Waals surface area contributed by atoms with Gasteiger partial charge in [0.1, 0.15) is 0 Å². The van der Waals surface area contributed by atoms with E-state index >= 15 is 0 Å². The Morgan fingerprint density at radius 1 is 1.37 bits per heavy atom. The third-order valence-electron chi connectivity index (χ3n) is 2.26. The topological polar surface area (TPSA) is 82.6 Å². The Kier molecular flexibility index (Phi) is 6.62. The molecule has 1 rings (SSSR count). The number of rotatable bonds is 7. The van der Waals surface area contributed by atoms with Crippen molar-refractivity contribution in [1.82, 2.24) is 10.7 Å². The van der Waals surface area contributed by atoms with E-state index in [9.17, 15) is 4.79 Å². The molecule has 4 N–H and O–H groups in total. The maximum Gasteiger partial charge on any atom is 0.335 e. The first-order valence-corrected chi connectivity index (χ1v) is 6.16. The van der Waals surface area contributed by atoms with Crippen molar-refractivity contribution in [2.45, 2.75) is 6.42 Å². The van der Waals surface area contributed by atoms with Crippen LogP contribution in [-0.2, 0) is 4.74 Å². The van der Waals surface area contributed by atoms with E-state index < -0.39 is 5.97 Å². The lowest BCUT2D eigenvalue weighted by Crippen LogP contribution is -2.39. The minimum atomic E-state index is -0.949. The molecule has 0 amide bonds. The summed E-state index contributed by atoms with van der Waals surface area (Å²) in [4.78, 5) is 10.7. The predicted octanol–water partition coefficient (Wildman–Crippen LogP) is 1.21. The lowest BCUT2D eigenvalue weighted by atomic mass is 10.2. The number of methoxy groups -OCH3 is 1. The van der Waals surface area contributed by atoms with Gasteiger partial charge < -0.3 is 15.2 Å². The molecule has 0 aromatic heterocycles. The molecule has 0 heterocycles. The van der Waals surface area contributed by atoms with Crippen LogP contribution in [0.1, 0.15) is 16.8 Å². The van der Waals surface area contributed by atoms with Gasteiger partial charge >= 0.3 is 5.97 Å². The average Bonchev–Trinajstić information content (AvgIpc) is 2.42. The molecule has 7 heteroatoms. The zero-order valence-electron chi connectivity index (χ0n) is 10.6. The van der Waals surface area contributed by atoms with Gasteiger partial charge in [0, 0.05) is 20.3 Å². The van der Waals surface area contributed by atoms with Gasteiger partial charge in [0.2, 0.25) is 0 Å². The first-order valence-electron chi connectivity index (χ1n) is 5.75. The summed E-state index contributed by atoms with van der Waals surface area (Å²) in [5, 5.41) is 12.2. The summed E-state index contributed by atoms with van der Waals surface area (Å²) in [5.41, 5.74) is 6.65. The van der Waals surface area contributed by atoms with Crippen molar-refractivity contribution >= 4 is 29.0 Å². The summed E-state index contributed by atoms with van der Waals surface area (Å²) >= 11 is 5.05. The highest BCUT2D eigenvalue weighted by molar-refractivity contribution is 7.80. The van der Waals surface area contributed by atoms with E-state index in [2.05, 4.69) is 16.2 Å². The van der Waals surface area contributed by atoms with Crippen molar-refractivity contribution in [3.8, 4) is 0 Å². The summed E-state index contributed by atoms with van der Waals surface area (Å²) in [6.45, 7) is 1.40. The highest BCUT2D eigenvalue weighted by atomic mass is 32.1. The second-order valence-electron chi connectivity index (χ2n) is 3.73. The molecule has 6 nitrogen and oxygen atoms in total. The number of ether oxygens (including phenoxy) is 1. The number of nitrogens with one attached hydrogen (secondary N) is 3. The van der Waals surface area contributed by atoms with E-state index in [4.69, 9.17) is 22.1 Å². The van der Waals surface area contributed by atoms with E-state index in [-0.39, 0.29) is 5.56 Å². The molecule has 0 aliphatic heterocycles. The number of thiocarbonyl (C=S) groups is 1. The average molecular weight is 283 g/mol. The minimum Gasteiger partial charge on any atom is -0.478 e. The van der Waals surface area contributed by atoms with Crippen LogP contribution in [0.2, 0.25) is 0 Å². The summed E-state index contributed by atoms with van der Waals surface area (Å²) in [6.07, 6.45) is 0.867. The van der Waals surface area contributed by atoms with E-state index in [1.54, 1.807) is 19.2 Å². The molecule has 19 heavy (non-hydrogen) atoms. The Labute approximate surface area is 117 Å². The summed E-state index contributed by atoms with van der Waals surface area (Å²) in [7, 11) is 1.65. The van der Waals surface area contributed by atoms with Crippen molar-refractivity contribution in [2.75, 3.05) is 25.7 Å². The summed E-state index contributed by atoms with van der Waals surface area (Å²) < 4.78 is 4.92. The zero-order valence-corrected chi connectivity index (χ0v) is 11.4. The number of hydrazine groups is 1. The van der Waals surface area contributed by atoms with Gasteiger partial charge in [-0.2, -0.15) is 0 Å². The second-order valence-corrected chi connectivity index (χ2v) is 4.14. The van der Waals surface area contributed by atoms with Gasteiger partial charge in [-0.05, 0) is 42.9 Å². The normalized spacial score (nSPS) is 9.74. The van der Waals surface area contributed by atoms with Gasteiger partial charge in [-0.25, -0.2) is 4.79 Å². The van der Waals surface area contributed by atoms with Gasteiger partial charge in [-0.1, -0.05) is 0 Å². The molecular formula is C12H17N3O3S. The first kappa shape index (κ1) is 15.2. The third-order valence-corrected chi connectivity index (χ3v) is 2.51. The smallest absolute Gasteiger partial charge is 0.335 e. The largest absolute Gasteiger partial charge is 0.478 e. The Balaban J connectivity index is 2.28. The highest BCUT2D eigenvalue weighted by Gasteiger charge is 2.01. The van der Waals surface area contributed by atoms with Crippen LogP contribution in [0.4, 0.5) is 5.69 Å². The van der Waals surface area contributed by atoms with Crippen molar-refractivity contribution < 1.29 is 14.6 Å². The summed E-state index contributed by atoms with van der Waals surface area (Å²) in [5.74, 6) is -0.949. The molecule has 0 bridgehead atoms. The molecule has 0 fully saturated rings. The fourth-order valence-electron chi connectivity index (χ4n) is 1.29. The van der Waals surface area contributed by atoms with Crippen molar-refractivity contribution in [3.05, 3.63) is 29.8 Å². The standard InChI is InChI=1S/C12H17N3O3S/c1-18-8-2-7-13-12(19)15-14-10-5-3-9(4-6-10)11(16)17/h3-6,14H,2,7-8H2,1H3,(H,16,17)(H2,13,15,19). The maximum absolute atomic E-state index is 10.7. The first-order chi connectivity index (χ1) is 9.13. The second kappa shape index (κ2) is 8.28.